The predicted molar refractivity (Wildman–Crippen MR) is 78.7 cm³/mol. The average Bonchev–Trinajstić information content (AvgIpc) is 2.31. The zero-order valence-corrected chi connectivity index (χ0v) is 12.9. The van der Waals surface area contributed by atoms with Gasteiger partial charge in [-0.3, -0.25) is 4.72 Å². The number of sulfonamides is 1. The minimum atomic E-state index is -3.58. The molecule has 0 fully saturated rings. The molecule has 0 saturated heterocycles. The lowest BCUT2D eigenvalue weighted by Gasteiger charge is -2.09. The van der Waals surface area contributed by atoms with E-state index in [2.05, 4.69) is 25.6 Å². The fraction of sp³-hybridized carbons (Fsp3) is 0.154. The standard InChI is InChI=1S/C13H13BrN2O2S/c1-9-5-10(2)7-12(6-9)19(17,18)16-11-3-4-13(14)15-8-11/h3-8,16H,1-2H3. The third-order valence-electron chi connectivity index (χ3n) is 2.49. The molecular weight excluding hydrogens is 328 g/mol. The van der Waals surface area contributed by atoms with Crippen LogP contribution in [0.1, 0.15) is 11.1 Å². The fourth-order valence-corrected chi connectivity index (χ4v) is 3.20. The Labute approximate surface area is 121 Å². The molecule has 0 amide bonds. The van der Waals surface area contributed by atoms with Crippen LogP contribution in [0.15, 0.2) is 46.0 Å². The Morgan fingerprint density at radius 1 is 1.11 bits per heavy atom. The minimum Gasteiger partial charge on any atom is -0.278 e. The van der Waals surface area contributed by atoms with Crippen molar-refractivity contribution in [1.29, 1.82) is 0 Å². The maximum absolute atomic E-state index is 12.2. The molecule has 0 atom stereocenters. The summed E-state index contributed by atoms with van der Waals surface area (Å²) in [5.74, 6) is 0. The van der Waals surface area contributed by atoms with Gasteiger partial charge in [0.25, 0.3) is 10.0 Å². The molecule has 4 nitrogen and oxygen atoms in total. The van der Waals surface area contributed by atoms with E-state index in [1.807, 2.05) is 19.9 Å². The Hall–Kier alpha value is -1.40. The van der Waals surface area contributed by atoms with Crippen molar-refractivity contribution in [2.45, 2.75) is 18.7 Å². The van der Waals surface area contributed by atoms with Crippen LogP contribution in [0.25, 0.3) is 0 Å². The van der Waals surface area contributed by atoms with Crippen LogP contribution in [-0.2, 0) is 10.0 Å². The highest BCUT2D eigenvalue weighted by Crippen LogP contribution is 2.19. The van der Waals surface area contributed by atoms with Gasteiger partial charge >= 0.3 is 0 Å². The van der Waals surface area contributed by atoms with Crippen molar-refractivity contribution in [3.8, 4) is 0 Å². The van der Waals surface area contributed by atoms with E-state index < -0.39 is 10.0 Å². The van der Waals surface area contributed by atoms with Gasteiger partial charge in [0.15, 0.2) is 0 Å². The maximum atomic E-state index is 12.2. The van der Waals surface area contributed by atoms with E-state index in [4.69, 9.17) is 0 Å². The SMILES string of the molecule is Cc1cc(C)cc(S(=O)(=O)Nc2ccc(Br)nc2)c1. The lowest BCUT2D eigenvalue weighted by molar-refractivity contribution is 0.601. The van der Waals surface area contributed by atoms with Gasteiger partial charge in [-0.05, 0) is 65.2 Å². The summed E-state index contributed by atoms with van der Waals surface area (Å²) < 4.78 is 27.6. The highest BCUT2D eigenvalue weighted by atomic mass is 79.9. The van der Waals surface area contributed by atoms with Crippen molar-refractivity contribution in [1.82, 2.24) is 4.98 Å². The summed E-state index contributed by atoms with van der Waals surface area (Å²) in [6, 6.07) is 8.54. The molecule has 1 aromatic heterocycles. The molecule has 19 heavy (non-hydrogen) atoms. The van der Waals surface area contributed by atoms with E-state index in [-0.39, 0.29) is 4.90 Å². The van der Waals surface area contributed by atoms with Crippen molar-refractivity contribution in [3.05, 3.63) is 52.3 Å². The number of halogens is 1. The molecule has 0 unspecified atom stereocenters. The Morgan fingerprint density at radius 3 is 2.26 bits per heavy atom. The quantitative estimate of drug-likeness (QED) is 0.872. The molecule has 0 bridgehead atoms. The number of aromatic nitrogens is 1. The predicted octanol–water partition coefficient (Wildman–Crippen LogP) is 3.26. The molecular formula is C13H13BrN2O2S. The summed E-state index contributed by atoms with van der Waals surface area (Å²) in [7, 11) is -3.58. The second-order valence-corrected chi connectivity index (χ2v) is 6.79. The minimum absolute atomic E-state index is 0.257. The molecule has 100 valence electrons. The second kappa shape index (κ2) is 5.30. The molecule has 2 rings (SSSR count). The lowest BCUT2D eigenvalue weighted by atomic mass is 10.2. The first-order chi connectivity index (χ1) is 8.87. The lowest BCUT2D eigenvalue weighted by Crippen LogP contribution is -2.13. The largest absolute Gasteiger partial charge is 0.278 e. The number of aryl methyl sites for hydroxylation is 2. The van der Waals surface area contributed by atoms with E-state index in [0.29, 0.717) is 10.3 Å². The summed E-state index contributed by atoms with van der Waals surface area (Å²) in [4.78, 5) is 4.24. The van der Waals surface area contributed by atoms with Gasteiger partial charge in [0.2, 0.25) is 0 Å². The fourth-order valence-electron chi connectivity index (χ4n) is 1.74. The molecule has 1 aromatic carbocycles. The van der Waals surface area contributed by atoms with Gasteiger partial charge in [-0.2, -0.15) is 0 Å². The number of pyridine rings is 1. The topological polar surface area (TPSA) is 59.1 Å². The van der Waals surface area contributed by atoms with Crippen LogP contribution >= 0.6 is 15.9 Å². The number of hydrogen-bond donors (Lipinski definition) is 1. The third-order valence-corrected chi connectivity index (χ3v) is 4.31. The Morgan fingerprint density at radius 2 is 1.74 bits per heavy atom. The zero-order valence-electron chi connectivity index (χ0n) is 10.5. The Kier molecular flexibility index (Phi) is 3.91. The van der Waals surface area contributed by atoms with Gasteiger partial charge in [-0.25, -0.2) is 13.4 Å². The van der Waals surface area contributed by atoms with Gasteiger partial charge in [0.05, 0.1) is 16.8 Å². The van der Waals surface area contributed by atoms with Crippen LogP contribution in [0.4, 0.5) is 5.69 Å². The van der Waals surface area contributed by atoms with Crippen molar-refractivity contribution in [2.75, 3.05) is 4.72 Å². The molecule has 1 heterocycles. The van der Waals surface area contributed by atoms with Gasteiger partial charge in [0.1, 0.15) is 4.60 Å². The molecule has 0 saturated carbocycles. The number of anilines is 1. The summed E-state index contributed by atoms with van der Waals surface area (Å²) in [5, 5.41) is 0. The van der Waals surface area contributed by atoms with Gasteiger partial charge in [-0.15, -0.1) is 0 Å². The van der Waals surface area contributed by atoms with E-state index in [1.165, 1.54) is 6.20 Å². The normalized spacial score (nSPS) is 11.3. The third kappa shape index (κ3) is 3.54. The summed E-state index contributed by atoms with van der Waals surface area (Å²) in [6.07, 6.45) is 1.46. The number of nitrogens with zero attached hydrogens (tertiary/aromatic N) is 1. The number of benzene rings is 1. The molecule has 0 radical (unpaired) electrons. The van der Waals surface area contributed by atoms with Crippen LogP contribution in [0.3, 0.4) is 0 Å². The van der Waals surface area contributed by atoms with Gasteiger partial charge < -0.3 is 0 Å². The highest BCUT2D eigenvalue weighted by Gasteiger charge is 2.15. The number of nitrogens with one attached hydrogen (secondary N) is 1. The van der Waals surface area contributed by atoms with Crippen molar-refractivity contribution in [2.24, 2.45) is 0 Å². The van der Waals surface area contributed by atoms with Gasteiger partial charge in [-0.1, -0.05) is 6.07 Å². The van der Waals surface area contributed by atoms with Gasteiger partial charge in [0, 0.05) is 0 Å². The van der Waals surface area contributed by atoms with Crippen molar-refractivity contribution >= 4 is 31.6 Å². The average molecular weight is 341 g/mol. The summed E-state index contributed by atoms with van der Waals surface area (Å²) >= 11 is 3.20. The van der Waals surface area contributed by atoms with Crippen LogP contribution in [0, 0.1) is 13.8 Å². The van der Waals surface area contributed by atoms with E-state index in [9.17, 15) is 8.42 Å². The van der Waals surface area contributed by atoms with Crippen LogP contribution in [0.5, 0.6) is 0 Å². The first kappa shape index (κ1) is 14.0. The van der Waals surface area contributed by atoms with Crippen molar-refractivity contribution in [3.63, 3.8) is 0 Å². The molecule has 0 aliphatic rings. The van der Waals surface area contributed by atoms with E-state index >= 15 is 0 Å². The monoisotopic (exact) mass is 340 g/mol. The molecule has 6 heteroatoms. The highest BCUT2D eigenvalue weighted by molar-refractivity contribution is 9.10. The van der Waals surface area contributed by atoms with Crippen LogP contribution < -0.4 is 4.72 Å². The Balaban J connectivity index is 2.34. The maximum Gasteiger partial charge on any atom is 0.261 e. The first-order valence-electron chi connectivity index (χ1n) is 5.59. The first-order valence-corrected chi connectivity index (χ1v) is 7.87. The number of rotatable bonds is 3. The molecule has 1 N–H and O–H groups in total. The molecule has 0 aliphatic carbocycles. The Bertz CT molecular complexity index is 677. The van der Waals surface area contributed by atoms with Crippen molar-refractivity contribution < 1.29 is 8.42 Å². The van der Waals surface area contributed by atoms with E-state index in [0.717, 1.165) is 11.1 Å². The van der Waals surface area contributed by atoms with E-state index in [1.54, 1.807) is 24.3 Å². The molecule has 0 aliphatic heterocycles. The van der Waals surface area contributed by atoms with Crippen LogP contribution in [0.2, 0.25) is 0 Å². The summed E-state index contributed by atoms with van der Waals surface area (Å²) in [5.41, 5.74) is 2.26. The molecule has 0 spiro atoms. The smallest absolute Gasteiger partial charge is 0.261 e. The molecule has 2 aromatic rings. The van der Waals surface area contributed by atoms with Crippen LogP contribution in [-0.4, -0.2) is 13.4 Å². The second-order valence-electron chi connectivity index (χ2n) is 4.30. The number of hydrogen-bond acceptors (Lipinski definition) is 3. The zero-order chi connectivity index (χ0) is 14.0. The summed E-state index contributed by atoms with van der Waals surface area (Å²) in [6.45, 7) is 3.74.